The maximum Gasteiger partial charge on any atom is 0.123 e. The second-order valence-electron chi connectivity index (χ2n) is 4.66. The third-order valence-electron chi connectivity index (χ3n) is 2.86. The minimum absolute atomic E-state index is 0.119. The molecule has 0 aromatic heterocycles. The second kappa shape index (κ2) is 4.75. The molecule has 1 nitrogen and oxygen atoms in total. The van der Waals surface area contributed by atoms with E-state index in [4.69, 9.17) is 0 Å². The quantitative estimate of drug-likeness (QED) is 0.798. The molecule has 15 heavy (non-hydrogen) atoms. The van der Waals surface area contributed by atoms with Gasteiger partial charge < -0.3 is 5.32 Å². The van der Waals surface area contributed by atoms with E-state index in [0.717, 1.165) is 12.0 Å². The van der Waals surface area contributed by atoms with E-state index in [1.54, 1.807) is 0 Å². The van der Waals surface area contributed by atoms with Crippen molar-refractivity contribution in [3.8, 4) is 0 Å². The molecule has 0 saturated carbocycles. The van der Waals surface area contributed by atoms with Crippen molar-refractivity contribution in [1.29, 1.82) is 0 Å². The number of benzene rings is 1. The van der Waals surface area contributed by atoms with Gasteiger partial charge in [0.2, 0.25) is 0 Å². The van der Waals surface area contributed by atoms with Crippen LogP contribution in [-0.4, -0.2) is 5.54 Å². The van der Waals surface area contributed by atoms with Crippen LogP contribution in [0.1, 0.15) is 45.7 Å². The molecule has 2 heteroatoms. The number of hydrogen-bond donors (Lipinski definition) is 1. The summed E-state index contributed by atoms with van der Waals surface area (Å²) in [5, 5.41) is 3.52. The van der Waals surface area contributed by atoms with Gasteiger partial charge >= 0.3 is 0 Å². The normalized spacial score (nSPS) is 13.9. The molecule has 84 valence electrons. The Morgan fingerprint density at radius 1 is 1.27 bits per heavy atom. The molecule has 1 atom stereocenters. The summed E-state index contributed by atoms with van der Waals surface area (Å²) in [6, 6.07) is 6.93. The van der Waals surface area contributed by atoms with Crippen LogP contribution < -0.4 is 5.32 Å². The van der Waals surface area contributed by atoms with Crippen molar-refractivity contribution in [2.75, 3.05) is 0 Å². The summed E-state index contributed by atoms with van der Waals surface area (Å²) in [7, 11) is 0. The molecule has 1 aromatic rings. The molecule has 0 amide bonds. The van der Waals surface area contributed by atoms with E-state index in [2.05, 4.69) is 33.0 Å². The maximum atomic E-state index is 12.7. The van der Waals surface area contributed by atoms with Gasteiger partial charge in [-0.25, -0.2) is 4.39 Å². The predicted molar refractivity (Wildman–Crippen MR) is 62.3 cm³/mol. The van der Waals surface area contributed by atoms with Gasteiger partial charge in [-0.2, -0.15) is 0 Å². The van der Waals surface area contributed by atoms with Crippen LogP contribution in [0.25, 0.3) is 0 Å². The van der Waals surface area contributed by atoms with Crippen molar-refractivity contribution >= 4 is 0 Å². The van der Waals surface area contributed by atoms with Crippen molar-refractivity contribution in [3.05, 3.63) is 35.6 Å². The zero-order valence-corrected chi connectivity index (χ0v) is 9.97. The Labute approximate surface area is 91.7 Å². The van der Waals surface area contributed by atoms with Crippen LogP contribution in [0.5, 0.6) is 0 Å². The third-order valence-corrected chi connectivity index (χ3v) is 2.86. The van der Waals surface area contributed by atoms with Gasteiger partial charge in [0.15, 0.2) is 0 Å². The number of hydrogen-bond acceptors (Lipinski definition) is 1. The predicted octanol–water partition coefficient (Wildman–Crippen LogP) is 3.66. The monoisotopic (exact) mass is 209 g/mol. The minimum atomic E-state index is -0.180. The molecule has 0 aliphatic heterocycles. The Bertz CT molecular complexity index is 303. The summed E-state index contributed by atoms with van der Waals surface area (Å²) in [4.78, 5) is 0. The van der Waals surface area contributed by atoms with E-state index >= 15 is 0 Å². The van der Waals surface area contributed by atoms with Gasteiger partial charge in [0.1, 0.15) is 5.82 Å². The highest BCUT2D eigenvalue weighted by Gasteiger charge is 2.18. The molecule has 1 unspecified atom stereocenters. The first-order valence-electron chi connectivity index (χ1n) is 5.48. The SMILES string of the molecule is CCC(C)(C)NC(C)c1ccc(F)cc1. The first kappa shape index (κ1) is 12.2. The summed E-state index contributed by atoms with van der Waals surface area (Å²) in [5.41, 5.74) is 1.24. The molecule has 0 aliphatic rings. The molecule has 1 rings (SSSR count). The molecule has 0 aliphatic carbocycles. The first-order chi connectivity index (χ1) is 6.94. The van der Waals surface area contributed by atoms with Crippen LogP contribution in [-0.2, 0) is 0 Å². The lowest BCUT2D eigenvalue weighted by molar-refractivity contribution is 0.337. The fourth-order valence-corrected chi connectivity index (χ4v) is 1.52. The summed E-state index contributed by atoms with van der Waals surface area (Å²) >= 11 is 0. The fraction of sp³-hybridized carbons (Fsp3) is 0.538. The Balaban J connectivity index is 2.69. The largest absolute Gasteiger partial charge is 0.305 e. The van der Waals surface area contributed by atoms with E-state index in [1.165, 1.54) is 12.1 Å². The van der Waals surface area contributed by atoms with Crippen LogP contribution in [0.4, 0.5) is 4.39 Å². The number of nitrogens with one attached hydrogen (secondary N) is 1. The van der Waals surface area contributed by atoms with E-state index in [0.29, 0.717) is 0 Å². The molecule has 0 fully saturated rings. The summed E-state index contributed by atoms with van der Waals surface area (Å²) in [6.07, 6.45) is 1.07. The van der Waals surface area contributed by atoms with E-state index in [1.807, 2.05) is 12.1 Å². The molecule has 1 aromatic carbocycles. The molecule has 0 spiro atoms. The fourth-order valence-electron chi connectivity index (χ4n) is 1.52. The molecule has 0 radical (unpaired) electrons. The van der Waals surface area contributed by atoms with Crippen LogP contribution in [0.15, 0.2) is 24.3 Å². The molecular formula is C13H20FN. The maximum absolute atomic E-state index is 12.7. The van der Waals surface area contributed by atoms with E-state index < -0.39 is 0 Å². The van der Waals surface area contributed by atoms with Gasteiger partial charge in [0.25, 0.3) is 0 Å². The van der Waals surface area contributed by atoms with Crippen LogP contribution >= 0.6 is 0 Å². The van der Waals surface area contributed by atoms with Crippen LogP contribution in [0.3, 0.4) is 0 Å². The van der Waals surface area contributed by atoms with Crippen LogP contribution in [0, 0.1) is 5.82 Å². The third kappa shape index (κ3) is 3.63. The lowest BCUT2D eigenvalue weighted by atomic mass is 9.98. The minimum Gasteiger partial charge on any atom is -0.305 e. The van der Waals surface area contributed by atoms with Gasteiger partial charge in [-0.05, 0) is 44.9 Å². The highest BCUT2D eigenvalue weighted by atomic mass is 19.1. The molecule has 1 N–H and O–H groups in total. The number of rotatable bonds is 4. The van der Waals surface area contributed by atoms with Crippen molar-refractivity contribution in [2.45, 2.75) is 45.7 Å². The zero-order chi connectivity index (χ0) is 11.5. The summed E-state index contributed by atoms with van der Waals surface area (Å²) < 4.78 is 12.7. The van der Waals surface area contributed by atoms with E-state index in [9.17, 15) is 4.39 Å². The van der Waals surface area contributed by atoms with Gasteiger partial charge in [-0.1, -0.05) is 19.1 Å². The summed E-state index contributed by atoms with van der Waals surface area (Å²) in [6.45, 7) is 8.61. The topological polar surface area (TPSA) is 12.0 Å². The van der Waals surface area contributed by atoms with Crippen molar-refractivity contribution in [1.82, 2.24) is 5.32 Å². The van der Waals surface area contributed by atoms with Gasteiger partial charge in [-0.3, -0.25) is 0 Å². The summed E-state index contributed by atoms with van der Waals surface area (Å²) in [5.74, 6) is -0.180. The Morgan fingerprint density at radius 3 is 2.27 bits per heavy atom. The van der Waals surface area contributed by atoms with Crippen molar-refractivity contribution in [2.24, 2.45) is 0 Å². The van der Waals surface area contributed by atoms with Gasteiger partial charge in [0, 0.05) is 11.6 Å². The lowest BCUT2D eigenvalue weighted by Gasteiger charge is -2.29. The van der Waals surface area contributed by atoms with Crippen LogP contribution in [0.2, 0.25) is 0 Å². The first-order valence-corrected chi connectivity index (χ1v) is 5.48. The Morgan fingerprint density at radius 2 is 1.80 bits per heavy atom. The van der Waals surface area contributed by atoms with E-state index in [-0.39, 0.29) is 17.4 Å². The van der Waals surface area contributed by atoms with Gasteiger partial charge in [-0.15, -0.1) is 0 Å². The average molecular weight is 209 g/mol. The lowest BCUT2D eigenvalue weighted by Crippen LogP contribution is -2.40. The number of halogens is 1. The van der Waals surface area contributed by atoms with Crippen molar-refractivity contribution in [3.63, 3.8) is 0 Å². The molecular weight excluding hydrogens is 189 g/mol. The molecule has 0 bridgehead atoms. The van der Waals surface area contributed by atoms with Crippen molar-refractivity contribution < 1.29 is 4.39 Å². The Hall–Kier alpha value is -0.890. The molecule has 0 heterocycles. The second-order valence-corrected chi connectivity index (χ2v) is 4.66. The highest BCUT2D eigenvalue weighted by molar-refractivity contribution is 5.19. The standard InChI is InChI=1S/C13H20FN/c1-5-13(3,4)15-10(2)11-6-8-12(14)9-7-11/h6-10,15H,5H2,1-4H3. The Kier molecular flexibility index (Phi) is 3.86. The van der Waals surface area contributed by atoms with Gasteiger partial charge in [0.05, 0.1) is 0 Å². The highest BCUT2D eigenvalue weighted by Crippen LogP contribution is 2.18. The smallest absolute Gasteiger partial charge is 0.123 e. The molecule has 0 saturated heterocycles. The zero-order valence-electron chi connectivity index (χ0n) is 9.97. The average Bonchev–Trinajstić information content (AvgIpc) is 2.18.